The summed E-state index contributed by atoms with van der Waals surface area (Å²) in [5.74, 6) is 0.403. The van der Waals surface area contributed by atoms with E-state index >= 15 is 0 Å². The zero-order valence-electron chi connectivity index (χ0n) is 9.32. The molecule has 1 fully saturated rings. The third-order valence-corrected chi connectivity index (χ3v) is 3.18. The van der Waals surface area contributed by atoms with Gasteiger partial charge in [-0.2, -0.15) is 5.10 Å². The molecular formula is C12H19N3. The molecule has 0 spiro atoms. The summed E-state index contributed by atoms with van der Waals surface area (Å²) in [6, 6.07) is 0.581. The SMILES string of the molecule is C=CC(C)c1cnn(C2CCNCC2)c1. The standard InChI is InChI=1S/C12H19N3/c1-3-10(2)11-8-14-15(9-11)12-4-6-13-7-5-12/h3,8-10,12-13H,1,4-7H2,2H3. The zero-order valence-corrected chi connectivity index (χ0v) is 9.32. The topological polar surface area (TPSA) is 29.9 Å². The molecule has 0 aliphatic carbocycles. The van der Waals surface area contributed by atoms with Crippen molar-refractivity contribution >= 4 is 0 Å². The summed E-state index contributed by atoms with van der Waals surface area (Å²) in [6.45, 7) is 8.18. The van der Waals surface area contributed by atoms with E-state index in [-0.39, 0.29) is 0 Å². The fraction of sp³-hybridized carbons (Fsp3) is 0.583. The first-order valence-electron chi connectivity index (χ1n) is 5.68. The molecule has 82 valence electrons. The molecule has 0 saturated carbocycles. The van der Waals surface area contributed by atoms with E-state index < -0.39 is 0 Å². The number of hydrogen-bond donors (Lipinski definition) is 1. The van der Waals surface area contributed by atoms with Gasteiger partial charge in [0.2, 0.25) is 0 Å². The van der Waals surface area contributed by atoms with E-state index in [0.29, 0.717) is 12.0 Å². The number of hydrogen-bond acceptors (Lipinski definition) is 2. The molecule has 0 aromatic carbocycles. The smallest absolute Gasteiger partial charge is 0.0543 e. The van der Waals surface area contributed by atoms with Crippen LogP contribution in [-0.4, -0.2) is 22.9 Å². The number of piperidine rings is 1. The van der Waals surface area contributed by atoms with Crippen LogP contribution in [0.25, 0.3) is 0 Å². The van der Waals surface area contributed by atoms with E-state index in [4.69, 9.17) is 0 Å². The van der Waals surface area contributed by atoms with Crippen LogP contribution in [0.1, 0.15) is 37.3 Å². The Hall–Kier alpha value is -1.09. The summed E-state index contributed by atoms with van der Waals surface area (Å²) in [5.41, 5.74) is 1.27. The maximum absolute atomic E-state index is 4.45. The predicted octanol–water partition coefficient (Wildman–Crippen LogP) is 2.10. The summed E-state index contributed by atoms with van der Waals surface area (Å²) in [6.07, 6.45) is 8.47. The Labute approximate surface area is 91.2 Å². The number of nitrogens with zero attached hydrogens (tertiary/aromatic N) is 2. The van der Waals surface area contributed by atoms with Crippen LogP contribution in [0, 0.1) is 0 Å². The van der Waals surface area contributed by atoms with Gasteiger partial charge in [0.05, 0.1) is 12.2 Å². The molecule has 3 nitrogen and oxygen atoms in total. The molecule has 0 bridgehead atoms. The Bertz CT molecular complexity index is 323. The highest BCUT2D eigenvalue weighted by Crippen LogP contribution is 2.21. The second kappa shape index (κ2) is 4.62. The van der Waals surface area contributed by atoms with E-state index in [9.17, 15) is 0 Å². The van der Waals surface area contributed by atoms with Crippen LogP contribution < -0.4 is 5.32 Å². The summed E-state index contributed by atoms with van der Waals surface area (Å²) >= 11 is 0. The second-order valence-electron chi connectivity index (χ2n) is 4.26. The minimum Gasteiger partial charge on any atom is -0.317 e. The van der Waals surface area contributed by atoms with Crippen LogP contribution in [0.4, 0.5) is 0 Å². The van der Waals surface area contributed by atoms with E-state index in [0.717, 1.165) is 13.1 Å². The first-order valence-corrected chi connectivity index (χ1v) is 5.68. The van der Waals surface area contributed by atoms with Crippen molar-refractivity contribution in [1.82, 2.24) is 15.1 Å². The Morgan fingerprint density at radius 1 is 1.60 bits per heavy atom. The summed E-state index contributed by atoms with van der Waals surface area (Å²) in [5, 5.41) is 7.82. The molecule has 1 atom stereocenters. The van der Waals surface area contributed by atoms with Gasteiger partial charge >= 0.3 is 0 Å². The molecule has 1 aliphatic rings. The Balaban J connectivity index is 2.08. The van der Waals surface area contributed by atoms with Crippen LogP contribution in [0.3, 0.4) is 0 Å². The Morgan fingerprint density at radius 2 is 2.33 bits per heavy atom. The van der Waals surface area contributed by atoms with Crippen molar-refractivity contribution in [2.45, 2.75) is 31.7 Å². The van der Waals surface area contributed by atoms with Crippen molar-refractivity contribution in [3.8, 4) is 0 Å². The fourth-order valence-electron chi connectivity index (χ4n) is 1.99. The summed E-state index contributed by atoms with van der Waals surface area (Å²) in [4.78, 5) is 0. The Morgan fingerprint density at radius 3 is 3.00 bits per heavy atom. The molecule has 1 unspecified atom stereocenters. The van der Waals surface area contributed by atoms with Gasteiger partial charge in [-0.3, -0.25) is 4.68 Å². The summed E-state index contributed by atoms with van der Waals surface area (Å²) < 4.78 is 2.12. The summed E-state index contributed by atoms with van der Waals surface area (Å²) in [7, 11) is 0. The van der Waals surface area contributed by atoms with Gasteiger partial charge in [0.25, 0.3) is 0 Å². The number of nitrogens with one attached hydrogen (secondary N) is 1. The molecule has 2 heterocycles. The molecule has 0 amide bonds. The lowest BCUT2D eigenvalue weighted by Crippen LogP contribution is -2.29. The molecular weight excluding hydrogens is 186 g/mol. The minimum atomic E-state index is 0.403. The quantitative estimate of drug-likeness (QED) is 0.766. The van der Waals surface area contributed by atoms with Crippen molar-refractivity contribution in [2.24, 2.45) is 0 Å². The molecule has 2 rings (SSSR count). The van der Waals surface area contributed by atoms with Crippen molar-refractivity contribution in [1.29, 1.82) is 0 Å². The van der Waals surface area contributed by atoms with Gasteiger partial charge in [0, 0.05) is 12.1 Å². The molecule has 1 N–H and O–H groups in total. The molecule has 1 aromatic rings. The lowest BCUT2D eigenvalue weighted by atomic mass is 10.1. The van der Waals surface area contributed by atoms with Crippen LogP contribution >= 0.6 is 0 Å². The third-order valence-electron chi connectivity index (χ3n) is 3.18. The molecule has 0 radical (unpaired) electrons. The van der Waals surface area contributed by atoms with E-state index in [2.05, 4.69) is 34.8 Å². The van der Waals surface area contributed by atoms with Crippen LogP contribution in [0.15, 0.2) is 25.0 Å². The van der Waals surface area contributed by atoms with Gasteiger partial charge in [0.1, 0.15) is 0 Å². The van der Waals surface area contributed by atoms with Crippen LogP contribution in [0.5, 0.6) is 0 Å². The van der Waals surface area contributed by atoms with Gasteiger partial charge in [0.15, 0.2) is 0 Å². The predicted molar refractivity (Wildman–Crippen MR) is 62.0 cm³/mol. The third kappa shape index (κ3) is 2.29. The normalized spacial score (nSPS) is 20.1. The lowest BCUT2D eigenvalue weighted by molar-refractivity contribution is 0.343. The van der Waals surface area contributed by atoms with Crippen molar-refractivity contribution < 1.29 is 0 Å². The maximum atomic E-state index is 4.45. The molecule has 1 saturated heterocycles. The highest BCUT2D eigenvalue weighted by molar-refractivity contribution is 5.15. The first-order chi connectivity index (χ1) is 7.31. The second-order valence-corrected chi connectivity index (χ2v) is 4.26. The van der Waals surface area contributed by atoms with Crippen molar-refractivity contribution in [3.05, 3.63) is 30.6 Å². The highest BCUT2D eigenvalue weighted by Gasteiger charge is 2.16. The number of rotatable bonds is 3. The van der Waals surface area contributed by atoms with E-state index in [1.54, 1.807) is 0 Å². The van der Waals surface area contributed by atoms with Gasteiger partial charge in [-0.15, -0.1) is 6.58 Å². The monoisotopic (exact) mass is 205 g/mol. The average Bonchev–Trinajstić information content (AvgIpc) is 2.78. The average molecular weight is 205 g/mol. The molecule has 1 aliphatic heterocycles. The lowest BCUT2D eigenvalue weighted by Gasteiger charge is -2.22. The fourth-order valence-corrected chi connectivity index (χ4v) is 1.99. The van der Waals surface area contributed by atoms with Crippen LogP contribution in [0.2, 0.25) is 0 Å². The Kier molecular flexibility index (Phi) is 3.21. The minimum absolute atomic E-state index is 0.403. The number of allylic oxidation sites excluding steroid dienone is 1. The molecule has 3 heteroatoms. The maximum Gasteiger partial charge on any atom is 0.0543 e. The molecule has 15 heavy (non-hydrogen) atoms. The highest BCUT2D eigenvalue weighted by atomic mass is 15.3. The van der Waals surface area contributed by atoms with Crippen molar-refractivity contribution in [3.63, 3.8) is 0 Å². The van der Waals surface area contributed by atoms with Gasteiger partial charge in [-0.1, -0.05) is 13.0 Å². The number of aromatic nitrogens is 2. The van der Waals surface area contributed by atoms with Gasteiger partial charge < -0.3 is 5.32 Å². The largest absolute Gasteiger partial charge is 0.317 e. The zero-order chi connectivity index (χ0) is 10.7. The van der Waals surface area contributed by atoms with E-state index in [1.807, 2.05) is 12.3 Å². The van der Waals surface area contributed by atoms with Crippen molar-refractivity contribution in [2.75, 3.05) is 13.1 Å². The first kappa shape index (κ1) is 10.4. The molecule has 1 aromatic heterocycles. The van der Waals surface area contributed by atoms with Gasteiger partial charge in [-0.05, 0) is 31.5 Å². The van der Waals surface area contributed by atoms with Crippen LogP contribution in [-0.2, 0) is 0 Å². The van der Waals surface area contributed by atoms with E-state index in [1.165, 1.54) is 18.4 Å². The van der Waals surface area contributed by atoms with Gasteiger partial charge in [-0.25, -0.2) is 0 Å².